The van der Waals surface area contributed by atoms with Gasteiger partial charge in [0.1, 0.15) is 0 Å². The summed E-state index contributed by atoms with van der Waals surface area (Å²) in [5.74, 6) is 0.541. The summed E-state index contributed by atoms with van der Waals surface area (Å²) in [6.45, 7) is 6.27. The van der Waals surface area contributed by atoms with Crippen LogP contribution in [0.5, 0.6) is 0 Å². The van der Waals surface area contributed by atoms with Gasteiger partial charge in [-0.05, 0) is 129 Å². The SMILES string of the molecule is C[C@H](CC(C[C@@H](O)C(F)(F)F)S(=O)(=O)c1ccccc1)[C@H]1CC[C@H]2[C@@H]3CC[C@H]4C[C@](O)(C(F)(F)F)CC[C@]4(C)[C@H]3CC[C@]12C. The summed E-state index contributed by atoms with van der Waals surface area (Å²) in [4.78, 5) is -0.0579. The van der Waals surface area contributed by atoms with Gasteiger partial charge < -0.3 is 10.2 Å². The number of rotatable bonds is 7. The second-order valence-electron chi connectivity index (χ2n) is 15.1. The highest BCUT2D eigenvalue weighted by Crippen LogP contribution is 2.69. The van der Waals surface area contributed by atoms with Crippen molar-refractivity contribution in [3.63, 3.8) is 0 Å². The van der Waals surface area contributed by atoms with Crippen LogP contribution >= 0.6 is 0 Å². The maximum absolute atomic E-state index is 13.7. The highest BCUT2D eigenvalue weighted by molar-refractivity contribution is 7.92. The predicted octanol–water partition coefficient (Wildman–Crippen LogP) is 8.12. The molecule has 4 fully saturated rings. The van der Waals surface area contributed by atoms with Crippen molar-refractivity contribution in [3.05, 3.63) is 30.3 Å². The number of aliphatic hydroxyl groups is 2. The van der Waals surface area contributed by atoms with E-state index in [0.717, 1.165) is 32.1 Å². The second kappa shape index (κ2) is 11.4. The third-order valence-electron chi connectivity index (χ3n) is 13.0. The second-order valence-corrected chi connectivity index (χ2v) is 17.3. The van der Waals surface area contributed by atoms with Crippen molar-refractivity contribution >= 4 is 9.84 Å². The lowest BCUT2D eigenvalue weighted by Crippen LogP contribution is -2.59. The van der Waals surface area contributed by atoms with E-state index in [1.165, 1.54) is 24.3 Å². The van der Waals surface area contributed by atoms with E-state index in [0.29, 0.717) is 24.7 Å². The van der Waals surface area contributed by atoms with E-state index in [2.05, 4.69) is 13.8 Å². The zero-order valence-corrected chi connectivity index (χ0v) is 26.5. The summed E-state index contributed by atoms with van der Waals surface area (Å²) >= 11 is 0. The lowest BCUT2D eigenvalue weighted by Gasteiger charge is -2.62. The number of sulfone groups is 1. The van der Waals surface area contributed by atoms with Gasteiger partial charge in [-0.2, -0.15) is 26.3 Å². The van der Waals surface area contributed by atoms with Crippen LogP contribution in [0.15, 0.2) is 35.2 Å². The Hall–Kier alpha value is -1.33. The Morgan fingerprint density at radius 1 is 0.864 bits per heavy atom. The van der Waals surface area contributed by atoms with Crippen LogP contribution in [-0.2, 0) is 9.84 Å². The molecule has 4 aliphatic rings. The number of halogens is 6. The van der Waals surface area contributed by atoms with E-state index in [1.54, 1.807) is 6.07 Å². The first-order valence-electron chi connectivity index (χ1n) is 16.1. The van der Waals surface area contributed by atoms with Gasteiger partial charge in [0, 0.05) is 0 Å². The van der Waals surface area contributed by atoms with Crippen molar-refractivity contribution in [2.45, 2.75) is 126 Å². The van der Waals surface area contributed by atoms with Crippen LogP contribution in [0.1, 0.15) is 91.4 Å². The largest absolute Gasteiger partial charge is 0.417 e. The summed E-state index contributed by atoms with van der Waals surface area (Å²) in [7, 11) is -4.15. The molecule has 44 heavy (non-hydrogen) atoms. The van der Waals surface area contributed by atoms with Crippen molar-refractivity contribution in [2.75, 3.05) is 0 Å². The molecule has 0 aliphatic heterocycles. The third-order valence-corrected chi connectivity index (χ3v) is 15.2. The molecule has 0 saturated heterocycles. The zero-order chi connectivity index (χ0) is 32.5. The minimum atomic E-state index is -4.93. The quantitative estimate of drug-likeness (QED) is 0.292. The van der Waals surface area contributed by atoms with Gasteiger partial charge in [0.25, 0.3) is 0 Å². The van der Waals surface area contributed by atoms with Crippen molar-refractivity contribution < 1.29 is 45.0 Å². The molecule has 4 aliphatic carbocycles. The summed E-state index contributed by atoms with van der Waals surface area (Å²) in [5, 5.41) is 19.0. The summed E-state index contributed by atoms with van der Waals surface area (Å²) in [6, 6.07) is 7.44. The Bertz CT molecular complexity index is 1290. The van der Waals surface area contributed by atoms with Crippen LogP contribution in [0.25, 0.3) is 0 Å². The minimum Gasteiger partial charge on any atom is -0.384 e. The number of hydrogen-bond donors (Lipinski definition) is 2. The molecule has 11 heteroatoms. The fourth-order valence-corrected chi connectivity index (χ4v) is 12.5. The number of fused-ring (bicyclic) bond motifs is 5. The topological polar surface area (TPSA) is 74.6 Å². The molecule has 4 nitrogen and oxygen atoms in total. The number of aliphatic hydroxyl groups excluding tert-OH is 1. The summed E-state index contributed by atoms with van der Waals surface area (Å²) < 4.78 is 109. The minimum absolute atomic E-state index is 0.00124. The lowest BCUT2D eigenvalue weighted by atomic mass is 9.43. The van der Waals surface area contributed by atoms with Crippen molar-refractivity contribution in [1.29, 1.82) is 0 Å². The van der Waals surface area contributed by atoms with E-state index in [-0.39, 0.29) is 58.7 Å². The number of alkyl halides is 6. The molecule has 1 aromatic rings. The fraction of sp³-hybridized carbons (Fsp3) is 0.818. The highest BCUT2D eigenvalue weighted by atomic mass is 32.2. The van der Waals surface area contributed by atoms with Crippen molar-refractivity contribution in [1.82, 2.24) is 0 Å². The highest BCUT2D eigenvalue weighted by Gasteiger charge is 2.65. The summed E-state index contributed by atoms with van der Waals surface area (Å²) in [6.07, 6.45) is -8.62. The lowest BCUT2D eigenvalue weighted by molar-refractivity contribution is -0.290. The maximum atomic E-state index is 13.7. The van der Waals surface area contributed by atoms with Gasteiger partial charge in [-0.25, -0.2) is 8.42 Å². The summed E-state index contributed by atoms with van der Waals surface area (Å²) in [5.41, 5.74) is -3.07. The van der Waals surface area contributed by atoms with E-state index < -0.39 is 45.6 Å². The van der Waals surface area contributed by atoms with E-state index in [4.69, 9.17) is 0 Å². The molecule has 0 radical (unpaired) electrons. The predicted molar refractivity (Wildman–Crippen MR) is 154 cm³/mol. The van der Waals surface area contributed by atoms with Gasteiger partial charge in [-0.3, -0.25) is 0 Å². The van der Waals surface area contributed by atoms with Crippen molar-refractivity contribution in [3.8, 4) is 0 Å². The zero-order valence-electron chi connectivity index (χ0n) is 25.7. The van der Waals surface area contributed by atoms with Gasteiger partial charge in [0.2, 0.25) is 0 Å². The fourth-order valence-electron chi connectivity index (χ4n) is 10.6. The molecule has 4 saturated carbocycles. The van der Waals surface area contributed by atoms with Crippen LogP contribution in [0.3, 0.4) is 0 Å². The Balaban J connectivity index is 1.35. The average molecular weight is 653 g/mol. The van der Waals surface area contributed by atoms with Crippen LogP contribution in [0.4, 0.5) is 26.3 Å². The average Bonchev–Trinajstić information content (AvgIpc) is 3.29. The van der Waals surface area contributed by atoms with Gasteiger partial charge in [-0.15, -0.1) is 0 Å². The van der Waals surface area contributed by atoms with E-state index >= 15 is 0 Å². The molecule has 0 amide bonds. The van der Waals surface area contributed by atoms with Crippen LogP contribution in [-0.4, -0.2) is 47.9 Å². The molecule has 250 valence electrons. The van der Waals surface area contributed by atoms with Crippen LogP contribution in [0, 0.1) is 46.3 Å². The monoisotopic (exact) mass is 652 g/mol. The third kappa shape index (κ3) is 5.73. The van der Waals surface area contributed by atoms with E-state index in [1.807, 2.05) is 6.92 Å². The number of benzene rings is 1. The van der Waals surface area contributed by atoms with Crippen LogP contribution in [0.2, 0.25) is 0 Å². The Labute approximate surface area is 256 Å². The first kappa shape index (κ1) is 34.0. The molecule has 11 atom stereocenters. The first-order chi connectivity index (χ1) is 20.2. The van der Waals surface area contributed by atoms with Gasteiger partial charge in [-0.1, -0.05) is 39.0 Å². The molecular weight excluding hydrogens is 606 g/mol. The number of hydrogen-bond acceptors (Lipinski definition) is 4. The molecule has 0 bridgehead atoms. The first-order valence-corrected chi connectivity index (χ1v) is 17.6. The van der Waals surface area contributed by atoms with Gasteiger partial charge in [0.15, 0.2) is 21.5 Å². The van der Waals surface area contributed by atoms with Crippen molar-refractivity contribution in [2.24, 2.45) is 46.3 Å². The standard InChI is InChI=1S/C33H46F6O4S/c1-20(17-23(18-28(40)32(34,35)36)44(42,43)22-7-5-4-6-8-22)25-11-12-26-24-10-9-21-19-31(41,33(37,38)39)16-15-29(21,2)27(24)13-14-30(25,26)3/h4-8,20-21,23-28,40-41H,9-19H2,1-3H3/t20-,21+,23?,24+,25-,26+,27+,28-,29+,30-,31+/m1/s1. The molecule has 0 aromatic heterocycles. The van der Waals surface area contributed by atoms with Gasteiger partial charge in [0.05, 0.1) is 10.1 Å². The Kier molecular flexibility index (Phi) is 8.83. The Morgan fingerprint density at radius 3 is 2.11 bits per heavy atom. The molecule has 1 aromatic carbocycles. The normalized spacial score (nSPS) is 39.9. The molecule has 0 spiro atoms. The van der Waals surface area contributed by atoms with Gasteiger partial charge >= 0.3 is 12.4 Å². The molecule has 5 rings (SSSR count). The maximum Gasteiger partial charge on any atom is 0.417 e. The Morgan fingerprint density at radius 2 is 1.50 bits per heavy atom. The smallest absolute Gasteiger partial charge is 0.384 e. The molecular formula is C33H46F6O4S. The molecule has 2 N–H and O–H groups in total. The molecule has 1 unspecified atom stereocenters. The molecule has 0 heterocycles. The van der Waals surface area contributed by atoms with E-state index in [9.17, 15) is 45.0 Å². The van der Waals surface area contributed by atoms with Crippen LogP contribution < -0.4 is 0 Å².